The van der Waals surface area contributed by atoms with E-state index in [0.29, 0.717) is 6.07 Å². The van der Waals surface area contributed by atoms with Crippen LogP contribution in [-0.4, -0.2) is 43.7 Å². The Morgan fingerprint density at radius 2 is 1.76 bits per heavy atom. The molecular formula is C16H13BF2N2O8. The molecule has 1 aromatic carbocycles. The standard InChI is InChI=1S/C16H13BF2N2O8/c1-7(22)27-17(28-8(2)23)29-16(25)10-5-21-13-9(14(10)24)4-11(18)12(19)15(13)26-6-20(21)3/h4-5H,6H2,1-3H3. The van der Waals surface area contributed by atoms with Gasteiger partial charge in [0.25, 0.3) is 11.9 Å². The third-order valence-corrected chi connectivity index (χ3v) is 3.83. The molecule has 1 aliphatic rings. The van der Waals surface area contributed by atoms with E-state index in [9.17, 15) is 28.0 Å². The number of ether oxygens (including phenoxy) is 1. The van der Waals surface area contributed by atoms with Crippen molar-refractivity contribution in [2.45, 2.75) is 13.8 Å². The Morgan fingerprint density at radius 1 is 1.14 bits per heavy atom. The quantitative estimate of drug-likeness (QED) is 0.664. The number of aromatic nitrogens is 1. The molecule has 0 radical (unpaired) electrons. The second-order valence-corrected chi connectivity index (χ2v) is 5.96. The summed E-state index contributed by atoms with van der Waals surface area (Å²) in [4.78, 5) is 47.4. The van der Waals surface area contributed by atoms with Crippen LogP contribution in [0.15, 0.2) is 17.1 Å². The van der Waals surface area contributed by atoms with E-state index in [1.807, 2.05) is 0 Å². The zero-order valence-corrected chi connectivity index (χ0v) is 15.4. The summed E-state index contributed by atoms with van der Waals surface area (Å²) in [6.07, 6.45) is 1.02. The van der Waals surface area contributed by atoms with Gasteiger partial charge in [0.1, 0.15) is 11.1 Å². The zero-order chi connectivity index (χ0) is 21.5. The Labute approximate surface area is 161 Å². The minimum Gasteiger partial charge on any atom is -0.466 e. The summed E-state index contributed by atoms with van der Waals surface area (Å²) in [5.41, 5.74) is -1.69. The van der Waals surface area contributed by atoms with Gasteiger partial charge >= 0.3 is 13.3 Å². The summed E-state index contributed by atoms with van der Waals surface area (Å²) >= 11 is 0. The van der Waals surface area contributed by atoms with Crippen molar-refractivity contribution in [1.29, 1.82) is 0 Å². The average Bonchev–Trinajstić information content (AvgIpc) is 2.61. The molecule has 0 atom stereocenters. The molecule has 0 aliphatic carbocycles. The van der Waals surface area contributed by atoms with Crippen LogP contribution in [0.4, 0.5) is 8.78 Å². The molecule has 0 saturated carbocycles. The molecule has 2 aromatic rings. The Morgan fingerprint density at radius 3 is 2.34 bits per heavy atom. The Bertz CT molecular complexity index is 1090. The highest BCUT2D eigenvalue weighted by molar-refractivity contribution is 6.44. The minimum absolute atomic E-state index is 0.0873. The number of benzene rings is 1. The van der Waals surface area contributed by atoms with Gasteiger partial charge in [-0.25, -0.2) is 9.18 Å². The van der Waals surface area contributed by atoms with Crippen LogP contribution in [0, 0.1) is 11.6 Å². The van der Waals surface area contributed by atoms with Gasteiger partial charge in [0, 0.05) is 27.1 Å². The fourth-order valence-corrected chi connectivity index (χ4v) is 2.64. The van der Waals surface area contributed by atoms with Gasteiger partial charge in [-0.2, -0.15) is 4.39 Å². The van der Waals surface area contributed by atoms with E-state index in [-0.39, 0.29) is 17.6 Å². The molecule has 0 N–H and O–H groups in total. The predicted octanol–water partition coefficient (Wildman–Crippen LogP) is 0.465. The van der Waals surface area contributed by atoms with Gasteiger partial charge in [-0.1, -0.05) is 0 Å². The molecule has 152 valence electrons. The monoisotopic (exact) mass is 410 g/mol. The van der Waals surface area contributed by atoms with E-state index < -0.39 is 53.6 Å². The second kappa shape index (κ2) is 7.41. The van der Waals surface area contributed by atoms with Crippen molar-refractivity contribution < 1.29 is 41.9 Å². The number of nitrogens with zero attached hydrogens (tertiary/aromatic N) is 2. The molecular weight excluding hydrogens is 397 g/mol. The van der Waals surface area contributed by atoms with E-state index in [4.69, 9.17) is 9.39 Å². The van der Waals surface area contributed by atoms with Crippen LogP contribution in [0.5, 0.6) is 5.75 Å². The summed E-state index contributed by atoms with van der Waals surface area (Å²) in [5, 5.41) is 1.02. The van der Waals surface area contributed by atoms with Crippen molar-refractivity contribution in [2.75, 3.05) is 18.8 Å². The van der Waals surface area contributed by atoms with Crippen molar-refractivity contribution in [3.63, 3.8) is 0 Å². The normalized spacial score (nSPS) is 12.2. The van der Waals surface area contributed by atoms with Gasteiger partial charge in [0.05, 0.1) is 5.39 Å². The maximum atomic E-state index is 14.1. The van der Waals surface area contributed by atoms with E-state index in [1.54, 1.807) is 0 Å². The lowest BCUT2D eigenvalue weighted by atomic mass is 10.1. The molecule has 0 bridgehead atoms. The molecule has 1 aromatic heterocycles. The summed E-state index contributed by atoms with van der Waals surface area (Å²) in [6, 6.07) is 0.627. The van der Waals surface area contributed by atoms with Crippen LogP contribution >= 0.6 is 0 Å². The van der Waals surface area contributed by atoms with Gasteiger partial charge in [-0.05, 0) is 6.07 Å². The van der Waals surface area contributed by atoms with E-state index >= 15 is 0 Å². The molecule has 0 unspecified atom stereocenters. The summed E-state index contributed by atoms with van der Waals surface area (Å²) in [5.74, 6) is -6.27. The first-order valence-corrected chi connectivity index (χ1v) is 8.07. The number of halogens is 2. The highest BCUT2D eigenvalue weighted by atomic mass is 19.2. The molecule has 0 fully saturated rings. The molecule has 0 saturated heterocycles. The molecule has 3 rings (SSSR count). The van der Waals surface area contributed by atoms with Crippen LogP contribution in [0.1, 0.15) is 24.2 Å². The third kappa shape index (κ3) is 3.70. The minimum atomic E-state index is -2.03. The van der Waals surface area contributed by atoms with Crippen molar-refractivity contribution in [1.82, 2.24) is 4.68 Å². The molecule has 29 heavy (non-hydrogen) atoms. The van der Waals surface area contributed by atoms with Crippen molar-refractivity contribution in [3.8, 4) is 5.75 Å². The highest BCUT2D eigenvalue weighted by Crippen LogP contribution is 2.32. The van der Waals surface area contributed by atoms with Gasteiger partial charge in [0.2, 0.25) is 11.2 Å². The first kappa shape index (κ1) is 20.1. The third-order valence-electron chi connectivity index (χ3n) is 3.83. The van der Waals surface area contributed by atoms with Gasteiger partial charge in [0.15, 0.2) is 18.3 Å². The summed E-state index contributed by atoms with van der Waals surface area (Å²) < 4.78 is 48.2. The number of hydrogen-bond donors (Lipinski definition) is 0. The average molecular weight is 410 g/mol. The van der Waals surface area contributed by atoms with Crippen LogP contribution < -0.4 is 15.2 Å². The smallest absolute Gasteiger partial charge is 0.466 e. The zero-order valence-electron chi connectivity index (χ0n) is 15.4. The number of pyridine rings is 1. The second-order valence-electron chi connectivity index (χ2n) is 5.96. The number of hydrogen-bond acceptors (Lipinski definition) is 9. The first-order valence-electron chi connectivity index (χ1n) is 8.07. The topological polar surface area (TPSA) is 113 Å². The van der Waals surface area contributed by atoms with Crippen LogP contribution in [0.2, 0.25) is 0 Å². The summed E-state index contributed by atoms with van der Waals surface area (Å²) in [6.45, 7) is 1.75. The Hall–Kier alpha value is -3.64. The molecule has 1 aliphatic heterocycles. The van der Waals surface area contributed by atoms with Gasteiger partial charge < -0.3 is 18.7 Å². The number of carbonyl (C=O) groups excluding carboxylic acids is 3. The van der Waals surface area contributed by atoms with E-state index in [2.05, 4.69) is 9.31 Å². The van der Waals surface area contributed by atoms with Gasteiger partial charge in [-0.15, -0.1) is 0 Å². The molecule has 13 heteroatoms. The van der Waals surface area contributed by atoms with Crippen molar-refractivity contribution in [2.24, 2.45) is 0 Å². The highest BCUT2D eigenvalue weighted by Gasteiger charge is 2.36. The first-order chi connectivity index (χ1) is 13.6. The number of carbonyl (C=O) groups is 3. The maximum absolute atomic E-state index is 14.1. The lowest BCUT2D eigenvalue weighted by Crippen LogP contribution is -2.40. The van der Waals surface area contributed by atoms with Crippen molar-refractivity contribution in [3.05, 3.63) is 39.7 Å². The van der Waals surface area contributed by atoms with E-state index in [0.717, 1.165) is 20.0 Å². The largest absolute Gasteiger partial charge is 0.870 e. The van der Waals surface area contributed by atoms with Crippen LogP contribution in [0.3, 0.4) is 0 Å². The summed E-state index contributed by atoms with van der Waals surface area (Å²) in [7, 11) is -0.528. The Balaban J connectivity index is 2.11. The lowest BCUT2D eigenvalue weighted by Gasteiger charge is -2.30. The predicted molar refractivity (Wildman–Crippen MR) is 92.5 cm³/mol. The fraction of sp³-hybridized carbons (Fsp3) is 0.250. The van der Waals surface area contributed by atoms with Crippen LogP contribution in [-0.2, 0) is 23.6 Å². The SMILES string of the molecule is CC(=O)OB(OC(C)=O)OC(=O)c1cn2c3c(c(F)c(F)cc3c1=O)OCN2C. The van der Waals surface area contributed by atoms with E-state index in [1.165, 1.54) is 16.7 Å². The van der Waals surface area contributed by atoms with Crippen LogP contribution in [0.25, 0.3) is 10.9 Å². The van der Waals surface area contributed by atoms with Gasteiger partial charge in [-0.3, -0.25) is 24.1 Å². The molecule has 0 spiro atoms. The molecule has 2 heterocycles. The molecule has 10 nitrogen and oxygen atoms in total. The Kier molecular flexibility index (Phi) is 5.14. The maximum Gasteiger partial charge on any atom is 0.870 e. The van der Waals surface area contributed by atoms with Crippen molar-refractivity contribution >= 4 is 36.1 Å². The lowest BCUT2D eigenvalue weighted by molar-refractivity contribution is -0.139. The molecule has 0 amide bonds. The number of rotatable bonds is 4. The fourth-order valence-electron chi connectivity index (χ4n) is 2.64.